The number of guanidine groups is 1. The summed E-state index contributed by atoms with van der Waals surface area (Å²) in [6.45, 7) is 2.04. The molecule has 2 rings (SSSR count). The van der Waals surface area contributed by atoms with Crippen LogP contribution in [0, 0.1) is 0 Å². The molecular formula is C17H22ClF2IN4OS. The summed E-state index contributed by atoms with van der Waals surface area (Å²) in [5.74, 6) is 0.989. The first-order valence-electron chi connectivity index (χ1n) is 8.01. The molecule has 2 aromatic rings. The van der Waals surface area contributed by atoms with Gasteiger partial charge in [0.15, 0.2) is 5.96 Å². The first-order valence-corrected chi connectivity index (χ1v) is 9.27. The number of hydrogen-bond donors (Lipinski definition) is 2. The highest BCUT2D eigenvalue weighted by Crippen LogP contribution is 2.24. The quantitative estimate of drug-likeness (QED) is 0.300. The molecule has 0 aliphatic heterocycles. The summed E-state index contributed by atoms with van der Waals surface area (Å²) in [6.07, 6.45) is 0. The maximum Gasteiger partial charge on any atom is 0.387 e. The van der Waals surface area contributed by atoms with Gasteiger partial charge in [0.2, 0.25) is 0 Å². The lowest BCUT2D eigenvalue weighted by Crippen LogP contribution is -2.36. The third-order valence-corrected chi connectivity index (χ3v) is 4.84. The highest BCUT2D eigenvalue weighted by Gasteiger charge is 2.11. The Morgan fingerprint density at radius 1 is 1.30 bits per heavy atom. The van der Waals surface area contributed by atoms with Crippen LogP contribution in [0.15, 0.2) is 28.6 Å². The molecule has 27 heavy (non-hydrogen) atoms. The molecule has 0 spiro atoms. The lowest BCUT2D eigenvalue weighted by Gasteiger charge is -2.14. The summed E-state index contributed by atoms with van der Waals surface area (Å²) >= 11 is 7.57. The fraction of sp³-hybridized carbons (Fsp3) is 0.412. The first kappa shape index (κ1) is 23.8. The number of alkyl halides is 2. The number of ether oxygens (including phenoxy) is 1. The number of hydrogen-bond acceptors (Lipinski definition) is 4. The summed E-state index contributed by atoms with van der Waals surface area (Å²) in [7, 11) is 1.63. The molecule has 0 aliphatic carbocycles. The van der Waals surface area contributed by atoms with Gasteiger partial charge in [0.05, 0.1) is 17.2 Å². The Balaban J connectivity index is 0.00000364. The van der Waals surface area contributed by atoms with Gasteiger partial charge < -0.3 is 15.4 Å². The molecule has 1 aromatic heterocycles. The second kappa shape index (κ2) is 11.6. The third kappa shape index (κ3) is 7.74. The van der Waals surface area contributed by atoms with E-state index in [1.54, 1.807) is 24.5 Å². The van der Waals surface area contributed by atoms with Crippen molar-refractivity contribution in [1.82, 2.24) is 15.6 Å². The summed E-state index contributed by atoms with van der Waals surface area (Å²) in [5.41, 5.74) is 1.43. The number of aliphatic imine (C=N–C) groups is 1. The fourth-order valence-electron chi connectivity index (χ4n) is 2.14. The number of rotatable bonds is 7. The number of halogens is 4. The summed E-state index contributed by atoms with van der Waals surface area (Å²) in [5, 5.41) is 9.72. The van der Waals surface area contributed by atoms with Gasteiger partial charge in [0, 0.05) is 35.5 Å². The molecule has 0 unspecified atom stereocenters. The van der Waals surface area contributed by atoms with Gasteiger partial charge in [-0.15, -0.1) is 35.3 Å². The van der Waals surface area contributed by atoms with Crippen molar-refractivity contribution in [2.45, 2.75) is 39.5 Å². The molecule has 0 bridgehead atoms. The largest absolute Gasteiger partial charge is 0.434 e. The average molecular weight is 531 g/mol. The van der Waals surface area contributed by atoms with E-state index in [-0.39, 0.29) is 36.3 Å². The number of aromatic nitrogens is 1. The van der Waals surface area contributed by atoms with Gasteiger partial charge >= 0.3 is 6.61 Å². The molecule has 2 N–H and O–H groups in total. The van der Waals surface area contributed by atoms with E-state index >= 15 is 0 Å². The molecule has 0 atom stereocenters. The van der Waals surface area contributed by atoms with E-state index in [0.717, 1.165) is 10.7 Å². The van der Waals surface area contributed by atoms with E-state index in [4.69, 9.17) is 11.6 Å². The normalized spacial score (nSPS) is 11.5. The SMILES string of the molecule is CN=C(NCc1csc(C(C)C)n1)NCc1cc(Cl)ccc1OC(F)F.I. The maximum absolute atomic E-state index is 12.5. The number of benzene rings is 1. The topological polar surface area (TPSA) is 58.5 Å². The Labute approximate surface area is 183 Å². The van der Waals surface area contributed by atoms with E-state index < -0.39 is 6.61 Å². The smallest absolute Gasteiger partial charge is 0.387 e. The minimum Gasteiger partial charge on any atom is -0.434 e. The Hall–Kier alpha value is -1.20. The van der Waals surface area contributed by atoms with Crippen molar-refractivity contribution < 1.29 is 13.5 Å². The van der Waals surface area contributed by atoms with Gasteiger partial charge in [0.25, 0.3) is 0 Å². The molecule has 150 valence electrons. The van der Waals surface area contributed by atoms with Crippen LogP contribution in [0.2, 0.25) is 5.02 Å². The van der Waals surface area contributed by atoms with E-state index in [2.05, 4.69) is 39.2 Å². The molecule has 0 saturated carbocycles. The van der Waals surface area contributed by atoms with Gasteiger partial charge in [-0.05, 0) is 18.2 Å². The average Bonchev–Trinajstić information content (AvgIpc) is 3.06. The molecule has 0 saturated heterocycles. The zero-order valence-electron chi connectivity index (χ0n) is 15.1. The van der Waals surface area contributed by atoms with Crippen molar-refractivity contribution in [1.29, 1.82) is 0 Å². The van der Waals surface area contributed by atoms with Crippen molar-refractivity contribution in [2.24, 2.45) is 4.99 Å². The Morgan fingerprint density at radius 2 is 2.00 bits per heavy atom. The van der Waals surface area contributed by atoms with E-state index in [1.165, 1.54) is 12.1 Å². The van der Waals surface area contributed by atoms with Crippen molar-refractivity contribution in [3.63, 3.8) is 0 Å². The standard InChI is InChI=1S/C17H21ClF2N4OS.HI/c1-10(2)15-24-13(9-26-15)8-23-17(21-3)22-7-11-6-12(18)4-5-14(11)25-16(19)20;/h4-6,9-10,16H,7-8H2,1-3H3,(H2,21,22,23);1H. The monoisotopic (exact) mass is 530 g/mol. The second-order valence-corrected chi connectivity index (χ2v) is 7.07. The first-order chi connectivity index (χ1) is 12.4. The molecule has 0 radical (unpaired) electrons. The molecule has 5 nitrogen and oxygen atoms in total. The van der Waals surface area contributed by atoms with Gasteiger partial charge in [-0.1, -0.05) is 25.4 Å². The summed E-state index contributed by atoms with van der Waals surface area (Å²) in [4.78, 5) is 8.67. The van der Waals surface area contributed by atoms with Crippen LogP contribution in [-0.4, -0.2) is 24.6 Å². The lowest BCUT2D eigenvalue weighted by atomic mass is 10.2. The molecule has 1 heterocycles. The number of thiazole rings is 1. The van der Waals surface area contributed by atoms with Gasteiger partial charge in [-0.3, -0.25) is 4.99 Å². The molecule has 0 aliphatic rings. The van der Waals surface area contributed by atoms with Gasteiger partial charge in [-0.2, -0.15) is 8.78 Å². The summed E-state index contributed by atoms with van der Waals surface area (Å²) in [6, 6.07) is 4.50. The van der Waals surface area contributed by atoms with E-state index in [9.17, 15) is 8.78 Å². The molecular weight excluding hydrogens is 509 g/mol. The van der Waals surface area contributed by atoms with Crippen LogP contribution >= 0.6 is 46.9 Å². The Kier molecular flexibility index (Phi) is 10.2. The highest BCUT2D eigenvalue weighted by molar-refractivity contribution is 14.0. The Morgan fingerprint density at radius 3 is 2.59 bits per heavy atom. The van der Waals surface area contributed by atoms with Crippen LogP contribution in [0.5, 0.6) is 5.75 Å². The predicted octanol–water partition coefficient (Wildman–Crippen LogP) is 5.00. The van der Waals surface area contributed by atoms with Crippen LogP contribution in [0.3, 0.4) is 0 Å². The predicted molar refractivity (Wildman–Crippen MR) is 117 cm³/mol. The van der Waals surface area contributed by atoms with Gasteiger partial charge in [0.1, 0.15) is 5.75 Å². The van der Waals surface area contributed by atoms with Crippen molar-refractivity contribution in [2.75, 3.05) is 7.05 Å². The third-order valence-electron chi connectivity index (χ3n) is 3.41. The van der Waals surface area contributed by atoms with Crippen LogP contribution in [0.4, 0.5) is 8.78 Å². The lowest BCUT2D eigenvalue weighted by molar-refractivity contribution is -0.0504. The molecule has 1 aromatic carbocycles. The summed E-state index contributed by atoms with van der Waals surface area (Å²) < 4.78 is 29.6. The van der Waals surface area contributed by atoms with Crippen LogP contribution in [0.1, 0.15) is 36.0 Å². The van der Waals surface area contributed by atoms with E-state index in [0.29, 0.717) is 29.0 Å². The van der Waals surface area contributed by atoms with Crippen molar-refractivity contribution in [3.05, 3.63) is 44.9 Å². The molecule has 10 heteroatoms. The minimum atomic E-state index is -2.90. The van der Waals surface area contributed by atoms with Crippen molar-refractivity contribution in [3.8, 4) is 5.75 Å². The number of nitrogens with one attached hydrogen (secondary N) is 2. The zero-order chi connectivity index (χ0) is 19.1. The van der Waals surface area contributed by atoms with E-state index in [1.807, 2.05) is 5.38 Å². The molecule has 0 fully saturated rings. The van der Waals surface area contributed by atoms with Crippen molar-refractivity contribution >= 4 is 52.9 Å². The fourth-order valence-corrected chi connectivity index (χ4v) is 3.17. The highest BCUT2D eigenvalue weighted by atomic mass is 127. The maximum atomic E-state index is 12.5. The minimum absolute atomic E-state index is 0. The zero-order valence-corrected chi connectivity index (χ0v) is 19.0. The van der Waals surface area contributed by atoms with Crippen LogP contribution in [0.25, 0.3) is 0 Å². The van der Waals surface area contributed by atoms with Gasteiger partial charge in [-0.25, -0.2) is 4.98 Å². The number of nitrogens with zero attached hydrogens (tertiary/aromatic N) is 2. The Bertz CT molecular complexity index is 758. The van der Waals surface area contributed by atoms with Crippen LogP contribution < -0.4 is 15.4 Å². The second-order valence-electron chi connectivity index (χ2n) is 5.74. The van der Waals surface area contributed by atoms with Crippen LogP contribution in [-0.2, 0) is 13.1 Å². The molecule has 0 amide bonds.